The molecule has 0 aromatic carbocycles. The van der Waals surface area contributed by atoms with Gasteiger partial charge in [-0.05, 0) is 26.2 Å². The fourth-order valence-corrected chi connectivity index (χ4v) is 2.30. The number of nitrogens with two attached hydrogens (primary N) is 1. The zero-order valence-electron chi connectivity index (χ0n) is 11.1. The minimum atomic E-state index is 0.207. The first kappa shape index (κ1) is 13.2. The van der Waals surface area contributed by atoms with Crippen molar-refractivity contribution < 1.29 is 5.11 Å². The van der Waals surface area contributed by atoms with Crippen LogP contribution < -0.4 is 10.6 Å². The minimum Gasteiger partial charge on any atom is -0.396 e. The third-order valence-electron chi connectivity index (χ3n) is 3.48. The number of rotatable bonds is 5. The molecule has 5 nitrogen and oxygen atoms in total. The van der Waals surface area contributed by atoms with Gasteiger partial charge in [-0.15, -0.1) is 0 Å². The molecule has 1 aromatic rings. The Kier molecular flexibility index (Phi) is 4.14. The third-order valence-corrected chi connectivity index (χ3v) is 3.48. The highest BCUT2D eigenvalue weighted by atomic mass is 16.3. The first-order valence-electron chi connectivity index (χ1n) is 6.53. The summed E-state index contributed by atoms with van der Waals surface area (Å²) < 4.78 is 0. The Bertz CT molecular complexity index is 404. The standard InChI is InChI=1S/C13H22N4O/c1-9-15-12(10-6-11(14)7-10)8-13(16-9)17(2)4-3-5-18/h8,10-11,18H,3-7,14H2,1-2H3. The second-order valence-corrected chi connectivity index (χ2v) is 5.13. The van der Waals surface area contributed by atoms with Gasteiger partial charge in [-0.2, -0.15) is 0 Å². The number of hydrogen-bond donors (Lipinski definition) is 2. The van der Waals surface area contributed by atoms with Gasteiger partial charge in [-0.3, -0.25) is 0 Å². The summed E-state index contributed by atoms with van der Waals surface area (Å²) in [5.41, 5.74) is 6.93. The molecular formula is C13H22N4O. The monoisotopic (exact) mass is 250 g/mol. The minimum absolute atomic E-state index is 0.207. The molecule has 1 aliphatic carbocycles. The van der Waals surface area contributed by atoms with E-state index in [2.05, 4.69) is 20.9 Å². The van der Waals surface area contributed by atoms with E-state index in [1.54, 1.807) is 0 Å². The van der Waals surface area contributed by atoms with Crippen molar-refractivity contribution in [3.8, 4) is 0 Å². The lowest BCUT2D eigenvalue weighted by atomic mass is 9.78. The normalized spacial score (nSPS) is 22.7. The maximum absolute atomic E-state index is 8.86. The number of anilines is 1. The number of nitrogens with zero attached hydrogens (tertiary/aromatic N) is 3. The van der Waals surface area contributed by atoms with Crippen LogP contribution in [-0.4, -0.2) is 41.3 Å². The summed E-state index contributed by atoms with van der Waals surface area (Å²) in [5.74, 6) is 2.23. The predicted molar refractivity (Wildman–Crippen MR) is 71.7 cm³/mol. The molecule has 0 atom stereocenters. The molecule has 0 unspecified atom stereocenters. The topological polar surface area (TPSA) is 75.3 Å². The number of aliphatic hydroxyl groups excluding tert-OH is 1. The van der Waals surface area contributed by atoms with Crippen LogP contribution in [0.5, 0.6) is 0 Å². The van der Waals surface area contributed by atoms with E-state index >= 15 is 0 Å². The Morgan fingerprint density at radius 2 is 2.17 bits per heavy atom. The Labute approximate surface area is 108 Å². The van der Waals surface area contributed by atoms with E-state index in [-0.39, 0.29) is 6.61 Å². The molecule has 0 saturated heterocycles. The molecule has 0 aliphatic heterocycles. The van der Waals surface area contributed by atoms with Gasteiger partial charge in [0, 0.05) is 43.9 Å². The second-order valence-electron chi connectivity index (χ2n) is 5.13. The summed E-state index contributed by atoms with van der Waals surface area (Å²) in [4.78, 5) is 11.0. The Morgan fingerprint density at radius 3 is 2.78 bits per heavy atom. The predicted octanol–water partition coefficient (Wildman–Crippen LogP) is 0.808. The van der Waals surface area contributed by atoms with Gasteiger partial charge in [0.2, 0.25) is 0 Å². The van der Waals surface area contributed by atoms with Crippen LogP contribution in [0, 0.1) is 6.92 Å². The third kappa shape index (κ3) is 2.97. The van der Waals surface area contributed by atoms with Gasteiger partial charge in [0.25, 0.3) is 0 Å². The van der Waals surface area contributed by atoms with Crippen molar-refractivity contribution in [1.29, 1.82) is 0 Å². The van der Waals surface area contributed by atoms with Gasteiger partial charge in [0.15, 0.2) is 0 Å². The number of aromatic nitrogens is 2. The molecule has 0 radical (unpaired) electrons. The van der Waals surface area contributed by atoms with E-state index in [1.165, 1.54) is 0 Å². The van der Waals surface area contributed by atoms with Crippen LogP contribution in [0.1, 0.15) is 36.7 Å². The number of aliphatic hydroxyl groups is 1. The molecule has 100 valence electrons. The summed E-state index contributed by atoms with van der Waals surface area (Å²) in [7, 11) is 1.99. The molecular weight excluding hydrogens is 228 g/mol. The van der Waals surface area contributed by atoms with Gasteiger partial charge < -0.3 is 15.7 Å². The van der Waals surface area contributed by atoms with Crippen LogP contribution in [0.15, 0.2) is 6.07 Å². The first-order chi connectivity index (χ1) is 8.60. The van der Waals surface area contributed by atoms with Crippen molar-refractivity contribution in [2.45, 2.75) is 38.1 Å². The van der Waals surface area contributed by atoms with Gasteiger partial charge in [-0.25, -0.2) is 9.97 Å². The van der Waals surface area contributed by atoms with Crippen LogP contribution in [0.2, 0.25) is 0 Å². The summed E-state index contributed by atoms with van der Waals surface area (Å²) in [5, 5.41) is 8.86. The van der Waals surface area contributed by atoms with E-state index in [0.717, 1.165) is 43.1 Å². The van der Waals surface area contributed by atoms with Crippen LogP contribution in [0.25, 0.3) is 0 Å². The lowest BCUT2D eigenvalue weighted by molar-refractivity contribution is 0.290. The largest absolute Gasteiger partial charge is 0.396 e. The average Bonchev–Trinajstić information content (AvgIpc) is 2.31. The molecule has 2 rings (SSSR count). The van der Waals surface area contributed by atoms with E-state index in [0.29, 0.717) is 12.0 Å². The summed E-state index contributed by atoms with van der Waals surface area (Å²) in [6, 6.07) is 2.39. The van der Waals surface area contributed by atoms with Gasteiger partial charge in [0.1, 0.15) is 11.6 Å². The fourth-order valence-electron chi connectivity index (χ4n) is 2.30. The molecule has 0 amide bonds. The zero-order chi connectivity index (χ0) is 13.1. The lowest BCUT2D eigenvalue weighted by Gasteiger charge is -2.32. The molecule has 1 heterocycles. The summed E-state index contributed by atoms with van der Waals surface area (Å²) >= 11 is 0. The van der Waals surface area contributed by atoms with Crippen molar-refractivity contribution in [2.75, 3.05) is 25.1 Å². The highest BCUT2D eigenvalue weighted by molar-refractivity contribution is 5.40. The van der Waals surface area contributed by atoms with Crippen molar-refractivity contribution >= 4 is 5.82 Å². The Morgan fingerprint density at radius 1 is 1.44 bits per heavy atom. The van der Waals surface area contributed by atoms with Crippen LogP contribution in [0.4, 0.5) is 5.82 Å². The van der Waals surface area contributed by atoms with E-state index in [9.17, 15) is 0 Å². The van der Waals surface area contributed by atoms with E-state index in [1.807, 2.05) is 14.0 Å². The molecule has 0 spiro atoms. The Hall–Kier alpha value is -1.20. The number of hydrogen-bond acceptors (Lipinski definition) is 5. The maximum atomic E-state index is 8.86. The highest BCUT2D eigenvalue weighted by Gasteiger charge is 2.29. The second kappa shape index (κ2) is 5.63. The van der Waals surface area contributed by atoms with Gasteiger partial charge >= 0.3 is 0 Å². The number of aryl methyl sites for hydroxylation is 1. The van der Waals surface area contributed by atoms with Gasteiger partial charge in [0.05, 0.1) is 0 Å². The van der Waals surface area contributed by atoms with Gasteiger partial charge in [-0.1, -0.05) is 0 Å². The fraction of sp³-hybridized carbons (Fsp3) is 0.692. The SMILES string of the molecule is Cc1nc(C2CC(N)C2)cc(N(C)CCCO)n1. The molecule has 1 aromatic heterocycles. The maximum Gasteiger partial charge on any atom is 0.132 e. The van der Waals surface area contributed by atoms with Crippen LogP contribution >= 0.6 is 0 Å². The van der Waals surface area contributed by atoms with E-state index in [4.69, 9.17) is 10.8 Å². The molecule has 0 bridgehead atoms. The highest BCUT2D eigenvalue weighted by Crippen LogP contribution is 2.35. The molecule has 5 heteroatoms. The molecule has 1 aliphatic rings. The van der Waals surface area contributed by atoms with Crippen molar-refractivity contribution in [3.05, 3.63) is 17.6 Å². The quantitative estimate of drug-likeness (QED) is 0.809. The summed E-state index contributed by atoms with van der Waals surface area (Å²) in [6.45, 7) is 2.93. The lowest BCUT2D eigenvalue weighted by Crippen LogP contribution is -2.35. The zero-order valence-corrected chi connectivity index (χ0v) is 11.1. The molecule has 18 heavy (non-hydrogen) atoms. The molecule has 1 fully saturated rings. The van der Waals surface area contributed by atoms with Crippen molar-refractivity contribution in [1.82, 2.24) is 9.97 Å². The average molecular weight is 250 g/mol. The Balaban J connectivity index is 2.10. The van der Waals surface area contributed by atoms with Crippen molar-refractivity contribution in [3.63, 3.8) is 0 Å². The first-order valence-corrected chi connectivity index (χ1v) is 6.53. The smallest absolute Gasteiger partial charge is 0.132 e. The van der Waals surface area contributed by atoms with Crippen LogP contribution in [0.3, 0.4) is 0 Å². The van der Waals surface area contributed by atoms with Crippen LogP contribution in [-0.2, 0) is 0 Å². The molecule has 3 N–H and O–H groups in total. The summed E-state index contributed by atoms with van der Waals surface area (Å²) in [6.07, 6.45) is 2.80. The van der Waals surface area contributed by atoms with E-state index < -0.39 is 0 Å². The van der Waals surface area contributed by atoms with Crippen molar-refractivity contribution in [2.24, 2.45) is 5.73 Å². The molecule has 1 saturated carbocycles.